The van der Waals surface area contributed by atoms with Crippen molar-refractivity contribution in [1.29, 1.82) is 0 Å². The molecule has 3 aromatic rings. The topological polar surface area (TPSA) is 86.8 Å². The van der Waals surface area contributed by atoms with E-state index in [9.17, 15) is 22.4 Å². The second-order valence-corrected chi connectivity index (χ2v) is 11.7. The maximum absolute atomic E-state index is 14.0. The van der Waals surface area contributed by atoms with Crippen LogP contribution in [0.3, 0.4) is 0 Å². The summed E-state index contributed by atoms with van der Waals surface area (Å²) in [4.78, 5) is 28.6. The highest BCUT2D eigenvalue weighted by atomic mass is 32.2. The zero-order valence-corrected chi connectivity index (χ0v) is 23.8. The Bertz CT molecular complexity index is 1390. The van der Waals surface area contributed by atoms with Crippen LogP contribution in [0.15, 0.2) is 77.7 Å². The van der Waals surface area contributed by atoms with Crippen LogP contribution in [0, 0.1) is 19.7 Å². The number of carbonyl (C=O) groups is 2. The van der Waals surface area contributed by atoms with Crippen molar-refractivity contribution in [2.24, 2.45) is 0 Å². The maximum atomic E-state index is 14.0. The quantitative estimate of drug-likeness (QED) is 0.363. The second-order valence-electron chi connectivity index (χ2n) is 9.85. The Kier molecular flexibility index (Phi) is 9.86. The summed E-state index contributed by atoms with van der Waals surface area (Å²) in [6.45, 7) is 8.56. The summed E-state index contributed by atoms with van der Waals surface area (Å²) in [6, 6.07) is 18.0. The monoisotopic (exact) mass is 553 g/mol. The SMILES string of the molecule is CCC(C(=O)NC(C)C)N(Cc1ccc(F)cc1)C(=O)CN(c1cc(C)ccc1C)S(=O)(=O)c1ccccc1. The minimum absolute atomic E-state index is 0.00909. The molecule has 0 aliphatic rings. The van der Waals surface area contributed by atoms with Gasteiger partial charge in [0.25, 0.3) is 10.0 Å². The van der Waals surface area contributed by atoms with E-state index >= 15 is 0 Å². The highest BCUT2D eigenvalue weighted by molar-refractivity contribution is 7.92. The molecule has 208 valence electrons. The first-order valence-corrected chi connectivity index (χ1v) is 14.4. The summed E-state index contributed by atoms with van der Waals surface area (Å²) in [5.41, 5.74) is 2.52. The van der Waals surface area contributed by atoms with Gasteiger partial charge in [0.15, 0.2) is 0 Å². The van der Waals surface area contributed by atoms with Crippen molar-refractivity contribution < 1.29 is 22.4 Å². The van der Waals surface area contributed by atoms with E-state index in [2.05, 4.69) is 5.32 Å². The average molecular weight is 554 g/mol. The molecule has 1 unspecified atom stereocenters. The van der Waals surface area contributed by atoms with Gasteiger partial charge in [-0.1, -0.05) is 49.4 Å². The lowest BCUT2D eigenvalue weighted by Crippen LogP contribution is -2.53. The van der Waals surface area contributed by atoms with E-state index in [4.69, 9.17) is 0 Å². The third-order valence-electron chi connectivity index (χ3n) is 6.33. The smallest absolute Gasteiger partial charge is 0.264 e. The molecule has 0 heterocycles. The molecular formula is C30H36FN3O4S. The Morgan fingerprint density at radius 2 is 1.59 bits per heavy atom. The van der Waals surface area contributed by atoms with Crippen molar-refractivity contribution in [3.63, 3.8) is 0 Å². The van der Waals surface area contributed by atoms with Crippen LogP contribution in [0.4, 0.5) is 10.1 Å². The van der Waals surface area contributed by atoms with Gasteiger partial charge in [-0.25, -0.2) is 12.8 Å². The lowest BCUT2D eigenvalue weighted by Gasteiger charge is -2.34. The Morgan fingerprint density at radius 1 is 0.949 bits per heavy atom. The number of carbonyl (C=O) groups excluding carboxylic acids is 2. The van der Waals surface area contributed by atoms with E-state index in [0.29, 0.717) is 23.2 Å². The van der Waals surface area contributed by atoms with Crippen LogP contribution in [-0.4, -0.2) is 43.8 Å². The fourth-order valence-electron chi connectivity index (χ4n) is 4.31. The lowest BCUT2D eigenvalue weighted by atomic mass is 10.1. The van der Waals surface area contributed by atoms with Gasteiger partial charge in [-0.2, -0.15) is 0 Å². The van der Waals surface area contributed by atoms with Crippen LogP contribution < -0.4 is 9.62 Å². The number of nitrogens with one attached hydrogen (secondary N) is 1. The van der Waals surface area contributed by atoms with E-state index in [1.807, 2.05) is 32.9 Å². The molecule has 0 saturated carbocycles. The van der Waals surface area contributed by atoms with Crippen molar-refractivity contribution in [1.82, 2.24) is 10.2 Å². The third kappa shape index (κ3) is 7.44. The van der Waals surface area contributed by atoms with Gasteiger partial charge in [0.05, 0.1) is 10.6 Å². The van der Waals surface area contributed by atoms with Gasteiger partial charge in [0.2, 0.25) is 11.8 Å². The van der Waals surface area contributed by atoms with Crippen molar-refractivity contribution in [2.45, 2.75) is 64.6 Å². The van der Waals surface area contributed by atoms with Crippen molar-refractivity contribution in [2.75, 3.05) is 10.8 Å². The van der Waals surface area contributed by atoms with Crippen LogP contribution in [-0.2, 0) is 26.2 Å². The number of nitrogens with zero attached hydrogens (tertiary/aromatic N) is 2. The molecule has 0 bridgehead atoms. The van der Waals surface area contributed by atoms with Crippen LogP contribution in [0.25, 0.3) is 0 Å². The van der Waals surface area contributed by atoms with Crippen LogP contribution >= 0.6 is 0 Å². The first-order valence-electron chi connectivity index (χ1n) is 12.9. The normalized spacial score (nSPS) is 12.2. The molecule has 3 rings (SSSR count). The predicted octanol–water partition coefficient (Wildman–Crippen LogP) is 4.97. The van der Waals surface area contributed by atoms with Crippen LogP contribution in [0.1, 0.15) is 43.9 Å². The van der Waals surface area contributed by atoms with Gasteiger partial charge >= 0.3 is 0 Å². The minimum Gasteiger partial charge on any atom is -0.352 e. The Hall–Kier alpha value is -3.72. The van der Waals surface area contributed by atoms with Crippen LogP contribution in [0.2, 0.25) is 0 Å². The number of sulfonamides is 1. The third-order valence-corrected chi connectivity index (χ3v) is 8.10. The zero-order valence-electron chi connectivity index (χ0n) is 23.0. The molecule has 0 fully saturated rings. The number of hydrogen-bond donors (Lipinski definition) is 1. The fourth-order valence-corrected chi connectivity index (χ4v) is 5.80. The first kappa shape index (κ1) is 29.8. The zero-order chi connectivity index (χ0) is 28.7. The van der Waals surface area contributed by atoms with Crippen molar-refractivity contribution >= 4 is 27.5 Å². The summed E-state index contributed by atoms with van der Waals surface area (Å²) in [5, 5.41) is 2.86. The molecule has 39 heavy (non-hydrogen) atoms. The van der Waals surface area contributed by atoms with E-state index in [0.717, 1.165) is 9.87 Å². The molecule has 0 aliphatic carbocycles. The molecule has 0 aliphatic heterocycles. The van der Waals surface area contributed by atoms with E-state index < -0.39 is 34.3 Å². The molecule has 9 heteroatoms. The second kappa shape index (κ2) is 12.9. The first-order chi connectivity index (χ1) is 18.4. The van der Waals surface area contributed by atoms with E-state index in [1.165, 1.54) is 29.2 Å². The summed E-state index contributed by atoms with van der Waals surface area (Å²) in [5.74, 6) is -1.31. The number of aryl methyl sites for hydroxylation is 2. The number of hydrogen-bond acceptors (Lipinski definition) is 4. The maximum Gasteiger partial charge on any atom is 0.264 e. The lowest BCUT2D eigenvalue weighted by molar-refractivity contribution is -0.140. The van der Waals surface area contributed by atoms with Crippen molar-refractivity contribution in [3.8, 4) is 0 Å². The number of halogens is 1. The largest absolute Gasteiger partial charge is 0.352 e. The number of amides is 2. The molecule has 3 aromatic carbocycles. The molecule has 7 nitrogen and oxygen atoms in total. The molecular weight excluding hydrogens is 517 g/mol. The molecule has 0 radical (unpaired) electrons. The van der Waals surface area contributed by atoms with Crippen molar-refractivity contribution in [3.05, 3.63) is 95.3 Å². The van der Waals surface area contributed by atoms with Gasteiger partial charge < -0.3 is 10.2 Å². The van der Waals surface area contributed by atoms with Gasteiger partial charge in [0.1, 0.15) is 18.4 Å². The number of rotatable bonds is 11. The van der Waals surface area contributed by atoms with Gasteiger partial charge in [-0.15, -0.1) is 0 Å². The minimum atomic E-state index is -4.14. The molecule has 1 atom stereocenters. The van der Waals surface area contributed by atoms with Gasteiger partial charge in [-0.05, 0) is 81.1 Å². The van der Waals surface area contributed by atoms with Crippen LogP contribution in [0.5, 0.6) is 0 Å². The molecule has 0 saturated heterocycles. The van der Waals surface area contributed by atoms with E-state index in [1.54, 1.807) is 50.2 Å². The standard InChI is InChI=1S/C30H36FN3O4S/c1-6-27(30(36)32-21(2)3)33(19-24-14-16-25(31)17-15-24)29(35)20-34(28-18-22(4)12-13-23(28)5)39(37,38)26-10-8-7-9-11-26/h7-18,21,27H,6,19-20H2,1-5H3,(H,32,36). The molecule has 2 amide bonds. The molecule has 0 aromatic heterocycles. The Balaban J connectivity index is 2.09. The van der Waals surface area contributed by atoms with E-state index in [-0.39, 0.29) is 23.4 Å². The predicted molar refractivity (Wildman–Crippen MR) is 151 cm³/mol. The summed E-state index contributed by atoms with van der Waals surface area (Å²) in [6.07, 6.45) is 0.306. The van der Waals surface area contributed by atoms with Gasteiger partial charge in [0, 0.05) is 12.6 Å². The number of anilines is 1. The Morgan fingerprint density at radius 3 is 2.18 bits per heavy atom. The molecule has 1 N–H and O–H groups in total. The summed E-state index contributed by atoms with van der Waals surface area (Å²) >= 11 is 0. The summed E-state index contributed by atoms with van der Waals surface area (Å²) in [7, 11) is -4.14. The highest BCUT2D eigenvalue weighted by Gasteiger charge is 2.34. The molecule has 0 spiro atoms. The summed E-state index contributed by atoms with van der Waals surface area (Å²) < 4.78 is 42.5. The number of benzene rings is 3. The highest BCUT2D eigenvalue weighted by Crippen LogP contribution is 2.28. The van der Waals surface area contributed by atoms with Gasteiger partial charge in [-0.3, -0.25) is 13.9 Å². The average Bonchev–Trinajstić information content (AvgIpc) is 2.89. The Labute approximate surface area is 230 Å². The fraction of sp³-hybridized carbons (Fsp3) is 0.333.